The number of esters is 1. The second kappa shape index (κ2) is 10.7. The number of amides is 1. The van der Waals surface area contributed by atoms with Crippen molar-refractivity contribution < 1.29 is 27.9 Å². The number of carbonyl (C=O) groups excluding carboxylic acids is 2. The predicted octanol–water partition coefficient (Wildman–Crippen LogP) is 3.06. The summed E-state index contributed by atoms with van der Waals surface area (Å²) in [5.74, 6) is -1.10. The Morgan fingerprint density at radius 3 is 2.27 bits per heavy atom. The number of nitriles is 1. The molecule has 0 bridgehead atoms. The summed E-state index contributed by atoms with van der Waals surface area (Å²) in [4.78, 5) is 24.8. The van der Waals surface area contributed by atoms with Gasteiger partial charge in [-0.05, 0) is 29.3 Å². The molecule has 30 heavy (non-hydrogen) atoms. The molecule has 0 heterocycles. The van der Waals surface area contributed by atoms with Gasteiger partial charge in [0.2, 0.25) is 0 Å². The summed E-state index contributed by atoms with van der Waals surface area (Å²) in [5.41, 5.74) is 2.03. The van der Waals surface area contributed by atoms with Gasteiger partial charge in [-0.1, -0.05) is 30.3 Å². The normalized spacial score (nSPS) is 11.9. The molecular formula is C21H23N2O6P. The minimum Gasteiger partial charge on any atom is -0.467 e. The average molecular weight is 430 g/mol. The lowest BCUT2D eigenvalue weighted by molar-refractivity contribution is -0.142. The van der Waals surface area contributed by atoms with Gasteiger partial charge in [0.25, 0.3) is 5.91 Å². The molecule has 2 aromatic rings. The zero-order valence-electron chi connectivity index (χ0n) is 17.0. The molecule has 158 valence electrons. The molecular weight excluding hydrogens is 407 g/mol. The molecule has 0 saturated heterocycles. The second-order valence-corrected chi connectivity index (χ2v) is 8.62. The molecule has 0 fully saturated rings. The Balaban J connectivity index is 2.15. The molecule has 1 N–H and O–H groups in total. The van der Waals surface area contributed by atoms with Gasteiger partial charge in [-0.25, -0.2) is 4.79 Å². The van der Waals surface area contributed by atoms with Crippen LogP contribution in [0.15, 0.2) is 48.5 Å². The molecule has 0 aliphatic rings. The summed E-state index contributed by atoms with van der Waals surface area (Å²) < 4.78 is 26.8. The van der Waals surface area contributed by atoms with E-state index in [1.807, 2.05) is 0 Å². The van der Waals surface area contributed by atoms with Gasteiger partial charge in [-0.15, -0.1) is 0 Å². The van der Waals surface area contributed by atoms with Crippen LogP contribution in [0.3, 0.4) is 0 Å². The van der Waals surface area contributed by atoms with Gasteiger partial charge in [0.1, 0.15) is 6.04 Å². The lowest BCUT2D eigenvalue weighted by Crippen LogP contribution is -2.43. The Hall–Kier alpha value is -2.98. The van der Waals surface area contributed by atoms with Crippen molar-refractivity contribution in [3.8, 4) is 6.07 Å². The Morgan fingerprint density at radius 2 is 1.70 bits per heavy atom. The van der Waals surface area contributed by atoms with Crippen LogP contribution in [-0.2, 0) is 35.7 Å². The summed E-state index contributed by atoms with van der Waals surface area (Å²) in [6, 6.07) is 14.3. The lowest BCUT2D eigenvalue weighted by Gasteiger charge is -2.17. The van der Waals surface area contributed by atoms with Crippen molar-refractivity contribution in [1.29, 1.82) is 5.26 Å². The smallest absolute Gasteiger partial charge is 0.334 e. The number of carbonyl (C=O) groups is 2. The van der Waals surface area contributed by atoms with E-state index in [9.17, 15) is 19.4 Å². The SMILES string of the molecule is COC(=O)[C@@H](Cc1ccccc1C#N)NC(=O)c1ccc(CP(=O)(OC)OC)cc1. The quantitative estimate of drug-likeness (QED) is 0.480. The highest BCUT2D eigenvalue weighted by molar-refractivity contribution is 7.52. The standard InChI is InChI=1S/C21H23N2O6P/c1-27-21(25)19(12-17-6-4-5-7-18(17)13-22)23-20(24)16-10-8-15(9-11-16)14-30(26,28-2)29-3/h4-11,19H,12,14H2,1-3H3,(H,23,24)/t19-/m1/s1. The van der Waals surface area contributed by atoms with E-state index in [0.29, 0.717) is 22.3 Å². The molecule has 2 rings (SSSR count). The van der Waals surface area contributed by atoms with Crippen LogP contribution in [0.25, 0.3) is 0 Å². The van der Waals surface area contributed by atoms with Crippen LogP contribution in [0.1, 0.15) is 27.0 Å². The topological polar surface area (TPSA) is 115 Å². The Labute approximate surface area is 175 Å². The molecule has 0 aliphatic carbocycles. The second-order valence-electron chi connectivity index (χ2n) is 6.35. The number of nitrogens with one attached hydrogen (secondary N) is 1. The van der Waals surface area contributed by atoms with E-state index in [0.717, 1.165) is 0 Å². The van der Waals surface area contributed by atoms with E-state index in [4.69, 9.17) is 13.8 Å². The molecule has 1 amide bonds. The minimum atomic E-state index is -3.22. The van der Waals surface area contributed by atoms with Crippen molar-refractivity contribution in [3.05, 3.63) is 70.8 Å². The highest BCUT2D eigenvalue weighted by Crippen LogP contribution is 2.49. The molecule has 1 atom stereocenters. The van der Waals surface area contributed by atoms with E-state index in [-0.39, 0.29) is 12.6 Å². The fraction of sp³-hybridized carbons (Fsp3) is 0.286. The van der Waals surface area contributed by atoms with Crippen molar-refractivity contribution in [2.45, 2.75) is 18.6 Å². The van der Waals surface area contributed by atoms with Gasteiger partial charge < -0.3 is 19.1 Å². The van der Waals surface area contributed by atoms with Crippen LogP contribution in [0.5, 0.6) is 0 Å². The molecule has 2 aromatic carbocycles. The summed E-state index contributed by atoms with van der Waals surface area (Å²) in [7, 11) is 0.634. The third-order valence-corrected chi connectivity index (χ3v) is 6.37. The lowest BCUT2D eigenvalue weighted by atomic mass is 10.0. The van der Waals surface area contributed by atoms with Crippen LogP contribution in [0, 0.1) is 11.3 Å². The minimum absolute atomic E-state index is 0.0671. The molecule has 0 aliphatic heterocycles. The van der Waals surface area contributed by atoms with Crippen molar-refractivity contribution in [3.63, 3.8) is 0 Å². The first-order valence-corrected chi connectivity index (χ1v) is 10.7. The first-order chi connectivity index (χ1) is 14.4. The predicted molar refractivity (Wildman–Crippen MR) is 110 cm³/mol. The van der Waals surface area contributed by atoms with E-state index in [1.165, 1.54) is 21.3 Å². The number of rotatable bonds is 9. The highest BCUT2D eigenvalue weighted by atomic mass is 31.2. The summed E-state index contributed by atoms with van der Waals surface area (Å²) in [6.07, 6.45) is 0.183. The van der Waals surface area contributed by atoms with Gasteiger partial charge >= 0.3 is 13.6 Å². The summed E-state index contributed by atoms with van der Waals surface area (Å²) in [6.45, 7) is 0. The van der Waals surface area contributed by atoms with Crippen molar-refractivity contribution in [2.75, 3.05) is 21.3 Å². The zero-order chi connectivity index (χ0) is 22.1. The number of nitrogens with zero attached hydrogens (tertiary/aromatic N) is 1. The van der Waals surface area contributed by atoms with Gasteiger partial charge in [0, 0.05) is 26.2 Å². The maximum absolute atomic E-state index is 12.6. The monoisotopic (exact) mass is 430 g/mol. The molecule has 8 nitrogen and oxygen atoms in total. The van der Waals surface area contributed by atoms with E-state index in [1.54, 1.807) is 48.5 Å². The highest BCUT2D eigenvalue weighted by Gasteiger charge is 2.24. The fourth-order valence-electron chi connectivity index (χ4n) is 2.79. The maximum Gasteiger partial charge on any atom is 0.334 e. The van der Waals surface area contributed by atoms with Crippen LogP contribution < -0.4 is 5.32 Å². The number of hydrogen-bond donors (Lipinski definition) is 1. The fourth-order valence-corrected chi connectivity index (χ4v) is 3.86. The number of methoxy groups -OCH3 is 1. The van der Waals surface area contributed by atoms with Crippen molar-refractivity contribution in [1.82, 2.24) is 5.32 Å². The first kappa shape index (κ1) is 23.3. The van der Waals surface area contributed by atoms with Crippen LogP contribution in [-0.4, -0.2) is 39.2 Å². The van der Waals surface area contributed by atoms with E-state index >= 15 is 0 Å². The van der Waals surface area contributed by atoms with Crippen LogP contribution in [0.2, 0.25) is 0 Å². The molecule has 0 aromatic heterocycles. The number of benzene rings is 2. The molecule has 0 radical (unpaired) electrons. The van der Waals surface area contributed by atoms with Crippen molar-refractivity contribution in [2.24, 2.45) is 0 Å². The molecule has 0 saturated carbocycles. The van der Waals surface area contributed by atoms with Gasteiger partial charge in [-0.3, -0.25) is 9.36 Å². The van der Waals surface area contributed by atoms with Gasteiger partial charge in [0.15, 0.2) is 0 Å². The number of hydrogen-bond acceptors (Lipinski definition) is 7. The van der Waals surface area contributed by atoms with Gasteiger partial charge in [-0.2, -0.15) is 5.26 Å². The Bertz CT molecular complexity index is 976. The maximum atomic E-state index is 12.6. The summed E-state index contributed by atoms with van der Waals surface area (Å²) >= 11 is 0. The van der Waals surface area contributed by atoms with Crippen LogP contribution >= 0.6 is 7.60 Å². The third-order valence-electron chi connectivity index (χ3n) is 4.50. The zero-order valence-corrected chi connectivity index (χ0v) is 17.8. The van der Waals surface area contributed by atoms with Gasteiger partial charge in [0.05, 0.1) is 24.9 Å². The number of ether oxygens (including phenoxy) is 1. The Kier molecular flexibility index (Phi) is 8.31. The average Bonchev–Trinajstić information content (AvgIpc) is 2.78. The summed E-state index contributed by atoms with van der Waals surface area (Å²) in [5, 5.41) is 11.9. The Morgan fingerprint density at radius 1 is 1.07 bits per heavy atom. The molecule has 9 heteroatoms. The van der Waals surface area contributed by atoms with E-state index in [2.05, 4.69) is 11.4 Å². The molecule has 0 spiro atoms. The first-order valence-electron chi connectivity index (χ1n) is 9.02. The molecule has 0 unspecified atom stereocenters. The largest absolute Gasteiger partial charge is 0.467 e. The van der Waals surface area contributed by atoms with Crippen molar-refractivity contribution >= 4 is 19.5 Å². The van der Waals surface area contributed by atoms with E-state index < -0.39 is 25.5 Å². The third kappa shape index (κ3) is 6.01. The van der Waals surface area contributed by atoms with Crippen LogP contribution in [0.4, 0.5) is 0 Å².